The van der Waals surface area contributed by atoms with Crippen LogP contribution in [-0.4, -0.2) is 17.8 Å². The smallest absolute Gasteiger partial charge is 0.269 e. The fourth-order valence-corrected chi connectivity index (χ4v) is 5.04. The first kappa shape index (κ1) is 24.4. The van der Waals surface area contributed by atoms with Gasteiger partial charge >= 0.3 is 0 Å². The number of aryl methyl sites for hydroxylation is 3. The molecule has 0 saturated carbocycles. The zero-order chi connectivity index (χ0) is 25.3. The van der Waals surface area contributed by atoms with Crippen LogP contribution in [0.1, 0.15) is 22.3 Å². The summed E-state index contributed by atoms with van der Waals surface area (Å²) in [5.41, 5.74) is 2.28. The van der Waals surface area contributed by atoms with Gasteiger partial charge in [0.2, 0.25) is 15.7 Å². The zero-order valence-corrected chi connectivity index (χ0v) is 21.5. The predicted octanol–water partition coefficient (Wildman–Crippen LogP) is 5.51. The van der Waals surface area contributed by atoms with E-state index in [1.165, 1.54) is 22.7 Å². The maximum absolute atomic E-state index is 13.5. The van der Waals surface area contributed by atoms with E-state index >= 15 is 0 Å². The molecule has 9 heteroatoms. The molecule has 35 heavy (non-hydrogen) atoms. The van der Waals surface area contributed by atoms with Crippen molar-refractivity contribution in [3.8, 4) is 17.7 Å². The van der Waals surface area contributed by atoms with Crippen LogP contribution in [0.2, 0.25) is 0 Å². The van der Waals surface area contributed by atoms with Crippen molar-refractivity contribution < 1.29 is 13.2 Å². The van der Waals surface area contributed by atoms with E-state index in [1.807, 2.05) is 19.9 Å². The molecule has 2 heterocycles. The summed E-state index contributed by atoms with van der Waals surface area (Å²) >= 11 is 3.27. The van der Waals surface area contributed by atoms with E-state index in [0.29, 0.717) is 15.9 Å². The molecule has 176 valence electrons. The Morgan fingerprint density at radius 1 is 1.09 bits per heavy atom. The van der Waals surface area contributed by atoms with Gasteiger partial charge in [0.15, 0.2) is 0 Å². The van der Waals surface area contributed by atoms with Gasteiger partial charge in [-0.15, -0.1) is 0 Å². The Morgan fingerprint density at radius 3 is 2.37 bits per heavy atom. The largest absolute Gasteiger partial charge is 0.438 e. The SMILES string of the molecule is Cc1cc(C)cc(Oc2nc3c(C)cccn3c(=O)c2C=C(C#N)S(=O)(=O)c2ccc(Br)cc2)c1. The van der Waals surface area contributed by atoms with E-state index in [9.17, 15) is 18.5 Å². The first-order valence-electron chi connectivity index (χ1n) is 10.5. The lowest BCUT2D eigenvalue weighted by Gasteiger charge is -2.12. The summed E-state index contributed by atoms with van der Waals surface area (Å²) in [6.45, 7) is 5.62. The minimum atomic E-state index is -4.20. The van der Waals surface area contributed by atoms with Crippen molar-refractivity contribution in [1.82, 2.24) is 9.38 Å². The second-order valence-corrected chi connectivity index (χ2v) is 10.9. The lowest BCUT2D eigenvalue weighted by Crippen LogP contribution is -2.20. The fourth-order valence-electron chi connectivity index (χ4n) is 3.64. The van der Waals surface area contributed by atoms with Crippen LogP contribution < -0.4 is 10.3 Å². The average molecular weight is 550 g/mol. The summed E-state index contributed by atoms with van der Waals surface area (Å²) in [5.74, 6) is 0.351. The van der Waals surface area contributed by atoms with Gasteiger partial charge in [0.25, 0.3) is 5.56 Å². The molecule has 0 spiro atoms. The van der Waals surface area contributed by atoms with Crippen molar-refractivity contribution in [2.24, 2.45) is 0 Å². The number of nitriles is 1. The molecule has 0 amide bonds. The Bertz CT molecular complexity index is 1680. The molecule has 0 bridgehead atoms. The topological polar surface area (TPSA) is 102 Å². The monoisotopic (exact) mass is 549 g/mol. The summed E-state index contributed by atoms with van der Waals surface area (Å²) in [7, 11) is -4.20. The van der Waals surface area contributed by atoms with Crippen LogP contribution in [0, 0.1) is 32.1 Å². The fraction of sp³-hybridized carbons (Fsp3) is 0.115. The lowest BCUT2D eigenvalue weighted by molar-refractivity contribution is 0.460. The van der Waals surface area contributed by atoms with Gasteiger partial charge in [-0.1, -0.05) is 28.1 Å². The first-order valence-corrected chi connectivity index (χ1v) is 12.8. The van der Waals surface area contributed by atoms with Gasteiger partial charge in [-0.2, -0.15) is 10.2 Å². The Hall–Kier alpha value is -3.74. The molecule has 0 aliphatic heterocycles. The lowest BCUT2D eigenvalue weighted by atomic mass is 10.1. The van der Waals surface area contributed by atoms with Gasteiger partial charge in [0, 0.05) is 10.7 Å². The second kappa shape index (κ2) is 9.49. The van der Waals surface area contributed by atoms with Gasteiger partial charge in [0.1, 0.15) is 27.9 Å². The number of pyridine rings is 1. The molecule has 0 atom stereocenters. The van der Waals surface area contributed by atoms with Crippen LogP contribution in [0.5, 0.6) is 11.6 Å². The van der Waals surface area contributed by atoms with E-state index < -0.39 is 20.3 Å². The first-order chi connectivity index (χ1) is 16.6. The van der Waals surface area contributed by atoms with E-state index in [-0.39, 0.29) is 16.3 Å². The molecule has 0 unspecified atom stereocenters. The summed E-state index contributed by atoms with van der Waals surface area (Å²) in [5, 5.41) is 9.76. The highest BCUT2D eigenvalue weighted by Crippen LogP contribution is 2.28. The third-order valence-corrected chi connectivity index (χ3v) is 7.47. The highest BCUT2D eigenvalue weighted by molar-refractivity contribution is 9.10. The number of benzene rings is 2. The van der Waals surface area contributed by atoms with Crippen molar-refractivity contribution in [1.29, 1.82) is 5.26 Å². The molecule has 2 aromatic carbocycles. The predicted molar refractivity (Wildman–Crippen MR) is 137 cm³/mol. The van der Waals surface area contributed by atoms with Crippen molar-refractivity contribution in [3.05, 3.63) is 103 Å². The molecule has 0 aliphatic rings. The van der Waals surface area contributed by atoms with Crippen LogP contribution in [0.15, 0.2) is 79.9 Å². The summed E-state index contributed by atoms with van der Waals surface area (Å²) < 4.78 is 34.4. The molecular weight excluding hydrogens is 530 g/mol. The van der Waals surface area contributed by atoms with Gasteiger partial charge in [0.05, 0.1) is 4.90 Å². The molecule has 4 aromatic rings. The normalized spacial score (nSPS) is 11.9. The van der Waals surface area contributed by atoms with Crippen LogP contribution in [0.4, 0.5) is 0 Å². The Balaban J connectivity index is 1.97. The van der Waals surface area contributed by atoms with Crippen LogP contribution in [0.25, 0.3) is 11.7 Å². The van der Waals surface area contributed by atoms with Crippen molar-refractivity contribution >= 4 is 37.5 Å². The van der Waals surface area contributed by atoms with Crippen molar-refractivity contribution in [3.63, 3.8) is 0 Å². The maximum atomic E-state index is 13.5. The molecule has 0 N–H and O–H groups in total. The summed E-state index contributed by atoms with van der Waals surface area (Å²) in [6, 6.07) is 16.6. The van der Waals surface area contributed by atoms with Crippen LogP contribution in [-0.2, 0) is 9.84 Å². The third kappa shape index (κ3) is 4.90. The summed E-state index contributed by atoms with van der Waals surface area (Å²) in [6.07, 6.45) is 2.56. The van der Waals surface area contributed by atoms with Gasteiger partial charge < -0.3 is 4.74 Å². The van der Waals surface area contributed by atoms with Crippen LogP contribution >= 0.6 is 15.9 Å². The highest BCUT2D eigenvalue weighted by atomic mass is 79.9. The van der Waals surface area contributed by atoms with Crippen molar-refractivity contribution in [2.75, 3.05) is 0 Å². The Labute approximate surface area is 211 Å². The van der Waals surface area contributed by atoms with Crippen molar-refractivity contribution in [2.45, 2.75) is 25.7 Å². The molecule has 0 fully saturated rings. The highest BCUT2D eigenvalue weighted by Gasteiger charge is 2.24. The average Bonchev–Trinajstić information content (AvgIpc) is 2.79. The summed E-state index contributed by atoms with van der Waals surface area (Å²) in [4.78, 5) is 17.3. The number of ether oxygens (including phenoxy) is 1. The minimum Gasteiger partial charge on any atom is -0.438 e. The number of sulfone groups is 1. The number of hydrogen-bond acceptors (Lipinski definition) is 6. The molecular formula is C26H20BrN3O4S. The van der Waals surface area contributed by atoms with E-state index in [4.69, 9.17) is 4.74 Å². The number of allylic oxidation sites excluding steroid dienone is 1. The standard InChI is InChI=1S/C26H20BrN3O4S/c1-16-11-17(2)13-20(12-16)34-25-23(26(31)30-10-4-5-18(3)24(30)29-25)14-22(15-28)35(32,33)21-8-6-19(27)7-9-21/h4-14H,1-3H3. The maximum Gasteiger partial charge on any atom is 0.269 e. The second-order valence-electron chi connectivity index (χ2n) is 8.02. The number of rotatable bonds is 5. The molecule has 0 saturated heterocycles. The Kier molecular flexibility index (Phi) is 6.61. The van der Waals surface area contributed by atoms with E-state index in [2.05, 4.69) is 20.9 Å². The number of nitrogens with zero attached hydrogens (tertiary/aromatic N) is 3. The number of hydrogen-bond donors (Lipinski definition) is 0. The molecule has 7 nitrogen and oxygen atoms in total. The van der Waals surface area contributed by atoms with E-state index in [1.54, 1.807) is 49.4 Å². The number of fused-ring (bicyclic) bond motifs is 1. The van der Waals surface area contributed by atoms with Gasteiger partial charge in [-0.3, -0.25) is 9.20 Å². The molecule has 0 radical (unpaired) electrons. The molecule has 0 aliphatic carbocycles. The van der Waals surface area contributed by atoms with Gasteiger partial charge in [-0.25, -0.2) is 8.42 Å². The quantitative estimate of drug-likeness (QED) is 0.304. The molecule has 2 aromatic heterocycles. The van der Waals surface area contributed by atoms with E-state index in [0.717, 1.165) is 22.8 Å². The third-order valence-electron chi connectivity index (χ3n) is 5.26. The number of halogens is 1. The minimum absolute atomic E-state index is 0.0741. The van der Waals surface area contributed by atoms with Crippen LogP contribution in [0.3, 0.4) is 0 Å². The number of aromatic nitrogens is 2. The van der Waals surface area contributed by atoms with Gasteiger partial charge in [-0.05, 0) is 86.0 Å². The zero-order valence-electron chi connectivity index (χ0n) is 19.1. The molecule has 4 rings (SSSR count). The Morgan fingerprint density at radius 2 is 1.74 bits per heavy atom.